The van der Waals surface area contributed by atoms with Crippen LogP contribution >= 0.6 is 0 Å². The maximum atomic E-state index is 6.51. The second-order valence-electron chi connectivity index (χ2n) is 7.28. The van der Waals surface area contributed by atoms with E-state index in [1.165, 1.54) is 0 Å². The molecule has 0 bridgehead atoms. The molecule has 8 heteroatoms. The van der Waals surface area contributed by atoms with Crippen LogP contribution < -0.4 is 0 Å². The van der Waals surface area contributed by atoms with E-state index in [1.54, 1.807) is 7.11 Å². The summed E-state index contributed by atoms with van der Waals surface area (Å²) in [5.41, 5.74) is -1.27. The van der Waals surface area contributed by atoms with E-state index in [-0.39, 0.29) is 0 Å². The third-order valence-electron chi connectivity index (χ3n) is 4.78. The molecule has 0 aliphatic rings. The molecule has 0 rings (SSSR count). The fourth-order valence-corrected chi connectivity index (χ4v) is 6.21. The molecule has 7 nitrogen and oxygen atoms in total. The van der Waals surface area contributed by atoms with Gasteiger partial charge in [0.1, 0.15) is 12.4 Å². The smallest absolute Gasteiger partial charge is 0.373 e. The molecule has 0 aliphatic carbocycles. The van der Waals surface area contributed by atoms with E-state index in [2.05, 4.69) is 20.8 Å². The van der Waals surface area contributed by atoms with Crippen LogP contribution in [0.2, 0.25) is 0 Å². The highest BCUT2D eigenvalue weighted by Gasteiger charge is 2.68. The van der Waals surface area contributed by atoms with Crippen molar-refractivity contribution in [3.63, 3.8) is 0 Å². The van der Waals surface area contributed by atoms with Gasteiger partial charge in [0.15, 0.2) is 0 Å². The number of hydrogen-bond donors (Lipinski definition) is 0. The van der Waals surface area contributed by atoms with Gasteiger partial charge in [0.05, 0.1) is 13.2 Å². The Morgan fingerprint density at radius 1 is 0.733 bits per heavy atom. The summed E-state index contributed by atoms with van der Waals surface area (Å²) in [6.45, 7) is 16.5. The van der Waals surface area contributed by atoms with E-state index in [1.807, 2.05) is 27.7 Å². The second-order valence-corrected chi connectivity index (χ2v) is 9.90. The fourth-order valence-electron chi connectivity index (χ4n) is 2.99. The van der Waals surface area contributed by atoms with Crippen molar-refractivity contribution in [2.24, 2.45) is 0 Å². The lowest BCUT2D eigenvalue weighted by molar-refractivity contribution is -0.280. The summed E-state index contributed by atoms with van der Waals surface area (Å²) in [7, 11) is -1.98. The summed E-state index contributed by atoms with van der Waals surface area (Å²) in [5, 5.41) is 0. The van der Waals surface area contributed by atoms with Gasteiger partial charge in [-0.3, -0.25) is 0 Å². The summed E-state index contributed by atoms with van der Waals surface area (Å²) in [6, 6.07) is 0. The van der Waals surface area contributed by atoms with Crippen molar-refractivity contribution in [1.29, 1.82) is 0 Å². The monoisotopic (exact) mass is 452 g/mol. The van der Waals surface area contributed by atoms with Crippen molar-refractivity contribution in [2.75, 3.05) is 40.1 Å². The number of rotatable bonds is 21. The third kappa shape index (κ3) is 9.20. The van der Waals surface area contributed by atoms with E-state index in [0.29, 0.717) is 33.0 Å². The lowest BCUT2D eigenvalue weighted by Gasteiger charge is -2.47. The zero-order valence-corrected chi connectivity index (χ0v) is 21.8. The van der Waals surface area contributed by atoms with E-state index in [0.717, 1.165) is 38.5 Å². The van der Waals surface area contributed by atoms with Crippen LogP contribution in [-0.4, -0.2) is 66.8 Å². The molecular formula is C22H48O7Si. The van der Waals surface area contributed by atoms with Crippen LogP contribution in [0.3, 0.4) is 0 Å². The van der Waals surface area contributed by atoms with Crippen molar-refractivity contribution < 1.29 is 32.2 Å². The van der Waals surface area contributed by atoms with Crippen molar-refractivity contribution >= 4 is 8.80 Å². The van der Waals surface area contributed by atoms with Crippen molar-refractivity contribution in [1.82, 2.24) is 0 Å². The van der Waals surface area contributed by atoms with Crippen LogP contribution in [0, 0.1) is 0 Å². The predicted molar refractivity (Wildman–Crippen MR) is 121 cm³/mol. The zero-order chi connectivity index (χ0) is 22.9. The SMILES string of the molecule is CCCCOC(C)C(OCCCC)(OCCCC)[Si](OCC)(OCC)OC(C)OC. The molecule has 0 radical (unpaired) electrons. The average molecular weight is 453 g/mol. The normalized spacial score (nSPS) is 14.8. The van der Waals surface area contributed by atoms with Gasteiger partial charge in [-0.2, -0.15) is 0 Å². The first-order valence-corrected chi connectivity index (χ1v) is 13.5. The topological polar surface area (TPSA) is 64.6 Å². The van der Waals surface area contributed by atoms with Crippen LogP contribution in [0.25, 0.3) is 0 Å². The molecule has 30 heavy (non-hydrogen) atoms. The van der Waals surface area contributed by atoms with Crippen molar-refractivity contribution in [2.45, 2.75) is 105 Å². The third-order valence-corrected chi connectivity index (χ3v) is 8.31. The molecule has 2 unspecified atom stereocenters. The van der Waals surface area contributed by atoms with Gasteiger partial charge in [-0.05, 0) is 47.0 Å². The minimum absolute atomic E-state index is 0.403. The minimum atomic E-state index is -3.58. The van der Waals surface area contributed by atoms with Gasteiger partial charge in [-0.15, -0.1) is 0 Å². The minimum Gasteiger partial charge on any atom is -0.373 e. The predicted octanol–water partition coefficient (Wildman–Crippen LogP) is 5.08. The molecule has 0 aromatic carbocycles. The highest BCUT2D eigenvalue weighted by Crippen LogP contribution is 2.36. The molecule has 0 aromatic heterocycles. The molecule has 0 saturated heterocycles. The van der Waals surface area contributed by atoms with Crippen LogP contribution in [0.1, 0.15) is 87.0 Å². The lowest BCUT2D eigenvalue weighted by Crippen LogP contribution is -2.73. The first-order chi connectivity index (χ1) is 14.4. The quantitative estimate of drug-likeness (QED) is 0.137. The van der Waals surface area contributed by atoms with Crippen LogP contribution in [0.4, 0.5) is 0 Å². The summed E-state index contributed by atoms with van der Waals surface area (Å²) >= 11 is 0. The van der Waals surface area contributed by atoms with Gasteiger partial charge < -0.3 is 32.2 Å². The van der Waals surface area contributed by atoms with E-state index < -0.39 is 26.6 Å². The Labute approximate surface area is 186 Å². The van der Waals surface area contributed by atoms with Gasteiger partial charge in [-0.25, -0.2) is 0 Å². The zero-order valence-electron chi connectivity index (χ0n) is 20.8. The first kappa shape index (κ1) is 29.9. The summed E-state index contributed by atoms with van der Waals surface area (Å²) in [6.07, 6.45) is 4.81. The largest absolute Gasteiger partial charge is 0.568 e. The number of methoxy groups -OCH3 is 1. The van der Waals surface area contributed by atoms with E-state index in [4.69, 9.17) is 32.2 Å². The van der Waals surface area contributed by atoms with Crippen LogP contribution in [-0.2, 0) is 32.2 Å². The first-order valence-electron chi connectivity index (χ1n) is 11.8. The van der Waals surface area contributed by atoms with Gasteiger partial charge in [-0.1, -0.05) is 40.0 Å². The molecule has 2 atom stereocenters. The molecule has 0 saturated carbocycles. The fraction of sp³-hybridized carbons (Fsp3) is 1.00. The molecule has 0 heterocycles. The Bertz CT molecular complexity index is 382. The maximum absolute atomic E-state index is 6.51. The molecular weight excluding hydrogens is 404 g/mol. The van der Waals surface area contributed by atoms with Crippen molar-refractivity contribution in [3.05, 3.63) is 0 Å². The van der Waals surface area contributed by atoms with E-state index in [9.17, 15) is 0 Å². The van der Waals surface area contributed by atoms with Crippen molar-refractivity contribution in [3.8, 4) is 0 Å². The Kier molecular flexibility index (Phi) is 17.5. The number of unbranched alkanes of at least 4 members (excludes halogenated alkanes) is 3. The van der Waals surface area contributed by atoms with Crippen LogP contribution in [0.15, 0.2) is 0 Å². The average Bonchev–Trinajstić information content (AvgIpc) is 2.73. The van der Waals surface area contributed by atoms with Gasteiger partial charge in [0.2, 0.25) is 0 Å². The molecule has 182 valence electrons. The van der Waals surface area contributed by atoms with Gasteiger partial charge in [0, 0.05) is 26.9 Å². The lowest BCUT2D eigenvalue weighted by atomic mass is 10.3. The molecule has 0 spiro atoms. The Hall–Kier alpha value is -0.0631. The van der Waals surface area contributed by atoms with Gasteiger partial charge >= 0.3 is 8.80 Å². The molecule has 0 aliphatic heterocycles. The Balaban J connectivity index is 6.30. The Morgan fingerprint density at radius 2 is 1.20 bits per heavy atom. The summed E-state index contributed by atoms with van der Waals surface area (Å²) < 4.78 is 43.6. The van der Waals surface area contributed by atoms with Gasteiger partial charge in [0.25, 0.3) is 5.41 Å². The van der Waals surface area contributed by atoms with Crippen LogP contribution in [0.5, 0.6) is 0 Å². The molecule has 0 amide bonds. The van der Waals surface area contributed by atoms with E-state index >= 15 is 0 Å². The number of ether oxygens (including phenoxy) is 4. The standard InChI is InChI=1S/C22H48O7Si/c1-9-14-17-24-20(6)22(25-18-15-10-2,26-19-16-11-3)30(27-12-4,28-13-5)29-21(7)23-8/h20-21H,9-19H2,1-8H3. The second kappa shape index (κ2) is 17.5. The molecule has 0 N–H and O–H groups in total. The summed E-state index contributed by atoms with van der Waals surface area (Å²) in [4.78, 5) is 0. The number of hydrogen-bond acceptors (Lipinski definition) is 7. The summed E-state index contributed by atoms with van der Waals surface area (Å²) in [5.74, 6) is 0. The Morgan fingerprint density at radius 3 is 1.60 bits per heavy atom. The highest BCUT2D eigenvalue weighted by molar-refractivity contribution is 6.63. The molecule has 0 aromatic rings. The maximum Gasteiger partial charge on any atom is 0.568 e. The molecule has 0 fully saturated rings. The highest BCUT2D eigenvalue weighted by atomic mass is 28.4.